The van der Waals surface area contributed by atoms with Crippen molar-refractivity contribution in [3.05, 3.63) is 12.1 Å². The van der Waals surface area contributed by atoms with Crippen LogP contribution in [0.5, 0.6) is 5.75 Å². The molecule has 1 aromatic carbocycles. The number of nitrogens with zero attached hydrogens (tertiary/aromatic N) is 1. The molecule has 0 unspecified atom stereocenters. The molecule has 0 atom stereocenters. The van der Waals surface area contributed by atoms with E-state index in [0.717, 1.165) is 28.2 Å². The minimum Gasteiger partial charge on any atom is -0.494 e. The normalized spacial score (nSPS) is 10.7. The number of nitrogens with two attached hydrogens (primary N) is 1. The van der Waals surface area contributed by atoms with Gasteiger partial charge in [-0.2, -0.15) is 0 Å². The summed E-state index contributed by atoms with van der Waals surface area (Å²) in [6.07, 6.45) is 0. The molecule has 3 N–H and O–H groups in total. The third kappa shape index (κ3) is 2.42. The lowest BCUT2D eigenvalue weighted by atomic mass is 10.2. The van der Waals surface area contributed by atoms with Gasteiger partial charge in [0.25, 0.3) is 0 Å². The van der Waals surface area contributed by atoms with Gasteiger partial charge in [-0.1, -0.05) is 11.3 Å². The van der Waals surface area contributed by atoms with Gasteiger partial charge in [0.15, 0.2) is 5.13 Å². The fraction of sp³-hybridized carbons (Fsp3) is 0.364. The zero-order valence-corrected chi connectivity index (χ0v) is 10.6. The Morgan fingerprint density at radius 1 is 1.41 bits per heavy atom. The van der Waals surface area contributed by atoms with E-state index in [9.17, 15) is 0 Å². The van der Waals surface area contributed by atoms with Crippen molar-refractivity contribution in [1.82, 2.24) is 4.98 Å². The van der Waals surface area contributed by atoms with Crippen LogP contribution in [0, 0.1) is 0 Å². The van der Waals surface area contributed by atoms with Crippen LogP contribution in [0.1, 0.15) is 0 Å². The second kappa shape index (κ2) is 5.20. The molecule has 17 heavy (non-hydrogen) atoms. The lowest BCUT2D eigenvalue weighted by Crippen LogP contribution is -2.07. The van der Waals surface area contributed by atoms with Gasteiger partial charge in [0.2, 0.25) is 0 Å². The molecule has 0 saturated carbocycles. The van der Waals surface area contributed by atoms with Gasteiger partial charge >= 0.3 is 0 Å². The Bertz CT molecular complexity index is 513. The lowest BCUT2D eigenvalue weighted by molar-refractivity contribution is 0.211. The molecule has 2 rings (SSSR count). The van der Waals surface area contributed by atoms with Crippen LogP contribution in [0.4, 0.5) is 10.8 Å². The minimum absolute atomic E-state index is 0.541. The van der Waals surface area contributed by atoms with Crippen molar-refractivity contribution in [2.75, 3.05) is 38.4 Å². The molecule has 0 aliphatic carbocycles. The number of ether oxygens (including phenoxy) is 2. The van der Waals surface area contributed by atoms with Gasteiger partial charge in [-0.25, -0.2) is 4.98 Å². The van der Waals surface area contributed by atoms with Crippen LogP contribution in [-0.4, -0.2) is 32.4 Å². The third-order valence-corrected chi connectivity index (χ3v) is 3.28. The first-order valence-corrected chi connectivity index (χ1v) is 6.03. The van der Waals surface area contributed by atoms with Gasteiger partial charge < -0.3 is 20.5 Å². The summed E-state index contributed by atoms with van der Waals surface area (Å²) in [6.45, 7) is 1.40. The SMILES string of the molecule is COCCNc1ccc(OC)c2nc(N)sc12. The monoisotopic (exact) mass is 253 g/mol. The van der Waals surface area contributed by atoms with Crippen molar-refractivity contribution in [2.24, 2.45) is 0 Å². The third-order valence-electron chi connectivity index (χ3n) is 2.36. The Hall–Kier alpha value is -1.53. The van der Waals surface area contributed by atoms with E-state index in [1.165, 1.54) is 11.3 Å². The van der Waals surface area contributed by atoms with Crippen molar-refractivity contribution in [1.29, 1.82) is 0 Å². The molecular weight excluding hydrogens is 238 g/mol. The summed E-state index contributed by atoms with van der Waals surface area (Å²) in [4.78, 5) is 4.27. The zero-order valence-electron chi connectivity index (χ0n) is 9.82. The average Bonchev–Trinajstić information content (AvgIpc) is 2.71. The van der Waals surface area contributed by atoms with E-state index >= 15 is 0 Å². The van der Waals surface area contributed by atoms with Crippen molar-refractivity contribution in [3.8, 4) is 5.75 Å². The largest absolute Gasteiger partial charge is 0.494 e. The van der Waals surface area contributed by atoms with Gasteiger partial charge in [-0.3, -0.25) is 0 Å². The van der Waals surface area contributed by atoms with Gasteiger partial charge in [-0.15, -0.1) is 0 Å². The van der Waals surface area contributed by atoms with E-state index in [0.29, 0.717) is 11.7 Å². The van der Waals surface area contributed by atoms with Crippen LogP contribution in [0.25, 0.3) is 10.2 Å². The average molecular weight is 253 g/mol. The summed E-state index contributed by atoms with van der Waals surface area (Å²) in [5.74, 6) is 0.741. The quantitative estimate of drug-likeness (QED) is 0.797. The van der Waals surface area contributed by atoms with E-state index in [-0.39, 0.29) is 0 Å². The van der Waals surface area contributed by atoms with Crippen LogP contribution in [0.3, 0.4) is 0 Å². The highest BCUT2D eigenvalue weighted by molar-refractivity contribution is 7.22. The smallest absolute Gasteiger partial charge is 0.181 e. The van der Waals surface area contributed by atoms with Crippen molar-refractivity contribution in [3.63, 3.8) is 0 Å². The van der Waals surface area contributed by atoms with Crippen LogP contribution < -0.4 is 15.8 Å². The molecule has 2 aromatic rings. The number of fused-ring (bicyclic) bond motifs is 1. The van der Waals surface area contributed by atoms with Crippen molar-refractivity contribution >= 4 is 32.4 Å². The van der Waals surface area contributed by atoms with Gasteiger partial charge in [0.1, 0.15) is 11.3 Å². The Balaban J connectivity index is 2.36. The molecule has 0 fully saturated rings. The van der Waals surface area contributed by atoms with Crippen LogP contribution >= 0.6 is 11.3 Å². The highest BCUT2D eigenvalue weighted by atomic mass is 32.1. The first kappa shape index (κ1) is 11.9. The summed E-state index contributed by atoms with van der Waals surface area (Å²) in [7, 11) is 3.30. The van der Waals surface area contributed by atoms with Crippen molar-refractivity contribution < 1.29 is 9.47 Å². The van der Waals surface area contributed by atoms with E-state index in [2.05, 4.69) is 10.3 Å². The predicted octanol–water partition coefficient (Wildman–Crippen LogP) is 1.95. The molecule has 0 bridgehead atoms. The number of nitrogens with one attached hydrogen (secondary N) is 1. The molecule has 0 aliphatic heterocycles. The number of hydrogen-bond donors (Lipinski definition) is 2. The van der Waals surface area contributed by atoms with Crippen LogP contribution in [-0.2, 0) is 4.74 Å². The summed E-state index contributed by atoms with van der Waals surface area (Å²) in [5.41, 5.74) is 7.55. The first-order chi connectivity index (χ1) is 8.26. The molecule has 1 heterocycles. The molecule has 0 spiro atoms. The maximum absolute atomic E-state index is 5.74. The Morgan fingerprint density at radius 2 is 2.24 bits per heavy atom. The fourth-order valence-corrected chi connectivity index (χ4v) is 2.43. The topological polar surface area (TPSA) is 69.4 Å². The van der Waals surface area contributed by atoms with Crippen LogP contribution in [0.15, 0.2) is 12.1 Å². The van der Waals surface area contributed by atoms with E-state index < -0.39 is 0 Å². The molecule has 0 amide bonds. The predicted molar refractivity (Wildman–Crippen MR) is 71.0 cm³/mol. The standard InChI is InChI=1S/C11H15N3O2S/c1-15-6-5-13-7-3-4-8(16-2)9-10(7)17-11(12)14-9/h3-4,13H,5-6H2,1-2H3,(H2,12,14). The van der Waals surface area contributed by atoms with E-state index in [1.54, 1.807) is 14.2 Å². The highest BCUT2D eigenvalue weighted by Gasteiger charge is 2.11. The molecule has 0 radical (unpaired) electrons. The summed E-state index contributed by atoms with van der Waals surface area (Å²) in [6, 6.07) is 3.85. The summed E-state index contributed by atoms with van der Waals surface area (Å²) >= 11 is 1.45. The number of methoxy groups -OCH3 is 2. The molecule has 6 heteroatoms. The highest BCUT2D eigenvalue weighted by Crippen LogP contribution is 2.36. The summed E-state index contributed by atoms with van der Waals surface area (Å²) < 4.78 is 11.3. The number of anilines is 2. The molecule has 5 nitrogen and oxygen atoms in total. The summed E-state index contributed by atoms with van der Waals surface area (Å²) in [5, 5.41) is 3.83. The molecule has 0 saturated heterocycles. The Morgan fingerprint density at radius 3 is 2.94 bits per heavy atom. The Kier molecular flexibility index (Phi) is 3.65. The second-order valence-electron chi connectivity index (χ2n) is 3.46. The Labute approximate surface area is 104 Å². The van der Waals surface area contributed by atoms with Gasteiger partial charge in [-0.05, 0) is 12.1 Å². The van der Waals surface area contributed by atoms with E-state index in [4.69, 9.17) is 15.2 Å². The molecule has 1 aromatic heterocycles. The molecule has 0 aliphatic rings. The number of rotatable bonds is 5. The number of thiazole rings is 1. The van der Waals surface area contributed by atoms with Crippen molar-refractivity contribution in [2.45, 2.75) is 0 Å². The van der Waals surface area contributed by atoms with Gasteiger partial charge in [0.05, 0.1) is 24.1 Å². The maximum atomic E-state index is 5.74. The van der Waals surface area contributed by atoms with Crippen LogP contribution in [0.2, 0.25) is 0 Å². The second-order valence-corrected chi connectivity index (χ2v) is 4.50. The maximum Gasteiger partial charge on any atom is 0.181 e. The number of hydrogen-bond acceptors (Lipinski definition) is 6. The minimum atomic E-state index is 0.541. The van der Waals surface area contributed by atoms with E-state index in [1.807, 2.05) is 12.1 Å². The molecular formula is C11H15N3O2S. The fourth-order valence-electron chi connectivity index (χ4n) is 1.59. The van der Waals surface area contributed by atoms with Gasteiger partial charge in [0, 0.05) is 13.7 Å². The number of nitrogen functional groups attached to an aromatic ring is 1. The lowest BCUT2D eigenvalue weighted by Gasteiger charge is -2.08. The first-order valence-electron chi connectivity index (χ1n) is 5.22. The number of aromatic nitrogens is 1. The number of benzene rings is 1. The molecule has 92 valence electrons. The zero-order chi connectivity index (χ0) is 12.3.